The Kier molecular flexibility index (Phi) is 1.53. The molecule has 2 unspecified atom stereocenters. The van der Waals surface area contributed by atoms with Gasteiger partial charge in [-0.3, -0.25) is 0 Å². The molecule has 0 spiro atoms. The number of fused-ring (bicyclic) bond motifs is 2. The Morgan fingerprint density at radius 3 is 3.09 bits per heavy atom. The maximum atomic E-state index is 8.39. The summed E-state index contributed by atoms with van der Waals surface area (Å²) < 4.78 is 0. The summed E-state index contributed by atoms with van der Waals surface area (Å²) in [5.74, 6) is 0.870. The SMILES string of the molecule is [N-]=[N+]=NC12CCCC(CC1)C2. The molecule has 3 heteroatoms. The van der Waals surface area contributed by atoms with E-state index in [1.165, 1.54) is 19.3 Å². The van der Waals surface area contributed by atoms with Crippen LogP contribution in [-0.2, 0) is 0 Å². The van der Waals surface area contributed by atoms with Crippen LogP contribution in [0.2, 0.25) is 0 Å². The van der Waals surface area contributed by atoms with Crippen LogP contribution in [0, 0.1) is 5.92 Å². The largest absolute Gasteiger partial charge is 0.0873 e. The second-order valence-electron chi connectivity index (χ2n) is 3.91. The van der Waals surface area contributed by atoms with Gasteiger partial charge in [-0.15, -0.1) is 0 Å². The van der Waals surface area contributed by atoms with Gasteiger partial charge in [-0.1, -0.05) is 18.0 Å². The van der Waals surface area contributed by atoms with Crippen molar-refractivity contribution in [3.05, 3.63) is 10.4 Å². The lowest BCUT2D eigenvalue weighted by Crippen LogP contribution is -2.24. The quantitative estimate of drug-likeness (QED) is 0.314. The molecule has 0 aromatic rings. The molecule has 2 atom stereocenters. The maximum Gasteiger partial charge on any atom is 0.0491 e. The van der Waals surface area contributed by atoms with Gasteiger partial charge in [0.1, 0.15) is 0 Å². The second kappa shape index (κ2) is 2.42. The molecule has 2 rings (SSSR count). The van der Waals surface area contributed by atoms with Crippen molar-refractivity contribution < 1.29 is 0 Å². The molecule has 2 saturated carbocycles. The first-order valence-electron chi connectivity index (χ1n) is 4.41. The molecule has 3 nitrogen and oxygen atoms in total. The van der Waals surface area contributed by atoms with Crippen molar-refractivity contribution >= 4 is 0 Å². The third-order valence-electron chi connectivity index (χ3n) is 3.20. The molecule has 0 amide bonds. The molecule has 2 fully saturated rings. The minimum absolute atomic E-state index is 0.0532. The fourth-order valence-electron chi connectivity index (χ4n) is 2.64. The standard InChI is InChI=1S/C8H13N3/c9-11-10-8-4-1-2-7(6-8)3-5-8/h7H,1-6H2. The summed E-state index contributed by atoms with van der Waals surface area (Å²) in [5.41, 5.74) is 8.44. The van der Waals surface area contributed by atoms with Crippen LogP contribution in [0.1, 0.15) is 38.5 Å². The van der Waals surface area contributed by atoms with Crippen molar-refractivity contribution in [2.24, 2.45) is 11.0 Å². The Hall–Kier alpha value is -0.690. The van der Waals surface area contributed by atoms with Crippen LogP contribution in [0.5, 0.6) is 0 Å². The van der Waals surface area contributed by atoms with Gasteiger partial charge in [0.15, 0.2) is 0 Å². The van der Waals surface area contributed by atoms with E-state index in [0.29, 0.717) is 0 Å². The molecule has 0 radical (unpaired) electrons. The Morgan fingerprint density at radius 1 is 1.36 bits per heavy atom. The van der Waals surface area contributed by atoms with E-state index in [2.05, 4.69) is 10.0 Å². The molecular formula is C8H13N3. The lowest BCUT2D eigenvalue weighted by Gasteiger charge is -2.27. The number of hydrogen-bond acceptors (Lipinski definition) is 1. The molecule has 2 bridgehead atoms. The molecule has 0 N–H and O–H groups in total. The van der Waals surface area contributed by atoms with Gasteiger partial charge in [-0.25, -0.2) is 0 Å². The van der Waals surface area contributed by atoms with Crippen molar-refractivity contribution in [2.45, 2.75) is 44.1 Å². The highest BCUT2D eigenvalue weighted by atomic mass is 15.2. The van der Waals surface area contributed by atoms with E-state index in [9.17, 15) is 0 Å². The zero-order valence-electron chi connectivity index (χ0n) is 6.66. The first-order valence-corrected chi connectivity index (χ1v) is 4.41. The number of azide groups is 1. The van der Waals surface area contributed by atoms with Crippen molar-refractivity contribution in [3.8, 4) is 0 Å². The number of hydrogen-bond donors (Lipinski definition) is 0. The predicted molar refractivity (Wildman–Crippen MR) is 43.1 cm³/mol. The Bertz CT molecular complexity index is 203. The fraction of sp³-hybridized carbons (Fsp3) is 1.00. The van der Waals surface area contributed by atoms with E-state index < -0.39 is 0 Å². The molecule has 0 aliphatic heterocycles. The Labute approximate surface area is 66.4 Å². The molecule has 2 aliphatic carbocycles. The molecule has 11 heavy (non-hydrogen) atoms. The summed E-state index contributed by atoms with van der Waals surface area (Å²) in [5, 5.41) is 3.96. The van der Waals surface area contributed by atoms with E-state index in [4.69, 9.17) is 5.53 Å². The molecule has 2 aliphatic rings. The van der Waals surface area contributed by atoms with Gasteiger partial charge in [-0.05, 0) is 37.1 Å². The monoisotopic (exact) mass is 151 g/mol. The first-order chi connectivity index (χ1) is 5.35. The second-order valence-corrected chi connectivity index (χ2v) is 3.91. The highest BCUT2D eigenvalue weighted by molar-refractivity contribution is 4.99. The molecule has 0 aromatic heterocycles. The molecule has 0 aromatic carbocycles. The minimum atomic E-state index is 0.0532. The van der Waals surface area contributed by atoms with Gasteiger partial charge in [0.05, 0.1) is 0 Å². The van der Waals surface area contributed by atoms with Gasteiger partial charge in [0, 0.05) is 10.5 Å². The topological polar surface area (TPSA) is 48.8 Å². The maximum absolute atomic E-state index is 8.39. The first kappa shape index (κ1) is 6.99. The average molecular weight is 151 g/mol. The highest BCUT2D eigenvalue weighted by Gasteiger charge is 2.41. The van der Waals surface area contributed by atoms with Crippen LogP contribution < -0.4 is 0 Å². The smallest absolute Gasteiger partial charge is 0.0491 e. The summed E-state index contributed by atoms with van der Waals surface area (Å²) in [6.07, 6.45) is 7.36. The van der Waals surface area contributed by atoms with Crippen LogP contribution in [0.3, 0.4) is 0 Å². The van der Waals surface area contributed by atoms with Gasteiger partial charge < -0.3 is 0 Å². The zero-order valence-corrected chi connectivity index (χ0v) is 6.66. The molecular weight excluding hydrogens is 138 g/mol. The van der Waals surface area contributed by atoms with Crippen molar-refractivity contribution in [2.75, 3.05) is 0 Å². The minimum Gasteiger partial charge on any atom is -0.0873 e. The number of nitrogens with zero attached hydrogens (tertiary/aromatic N) is 3. The third-order valence-corrected chi connectivity index (χ3v) is 3.20. The Morgan fingerprint density at radius 2 is 2.27 bits per heavy atom. The predicted octanol–water partition coefficient (Wildman–Crippen LogP) is 3.02. The lowest BCUT2D eigenvalue weighted by molar-refractivity contribution is 0.309. The van der Waals surface area contributed by atoms with Crippen molar-refractivity contribution in [1.82, 2.24) is 0 Å². The van der Waals surface area contributed by atoms with Gasteiger partial charge in [0.25, 0.3) is 0 Å². The van der Waals surface area contributed by atoms with Crippen LogP contribution in [0.15, 0.2) is 5.11 Å². The summed E-state index contributed by atoms with van der Waals surface area (Å²) in [6.45, 7) is 0. The van der Waals surface area contributed by atoms with Crippen LogP contribution >= 0.6 is 0 Å². The van der Waals surface area contributed by atoms with E-state index in [1.807, 2.05) is 0 Å². The summed E-state index contributed by atoms with van der Waals surface area (Å²) >= 11 is 0. The zero-order chi connectivity index (χ0) is 7.73. The van der Waals surface area contributed by atoms with Gasteiger partial charge >= 0.3 is 0 Å². The van der Waals surface area contributed by atoms with E-state index >= 15 is 0 Å². The number of rotatable bonds is 1. The third kappa shape index (κ3) is 1.10. The highest BCUT2D eigenvalue weighted by Crippen LogP contribution is 2.47. The molecule has 0 heterocycles. The van der Waals surface area contributed by atoms with E-state index in [1.54, 1.807) is 0 Å². The van der Waals surface area contributed by atoms with E-state index in [-0.39, 0.29) is 5.54 Å². The normalized spacial score (nSPS) is 41.6. The van der Waals surface area contributed by atoms with Crippen LogP contribution in [0.25, 0.3) is 10.4 Å². The summed E-state index contributed by atoms with van der Waals surface area (Å²) in [6, 6.07) is 0. The van der Waals surface area contributed by atoms with Gasteiger partial charge in [-0.2, -0.15) is 0 Å². The van der Waals surface area contributed by atoms with Crippen LogP contribution in [0.4, 0.5) is 0 Å². The lowest BCUT2D eigenvalue weighted by atomic mass is 9.84. The Balaban J connectivity index is 2.19. The summed E-state index contributed by atoms with van der Waals surface area (Å²) in [4.78, 5) is 2.95. The van der Waals surface area contributed by atoms with Crippen molar-refractivity contribution in [1.29, 1.82) is 0 Å². The molecule has 0 saturated heterocycles. The van der Waals surface area contributed by atoms with Gasteiger partial charge in [0.2, 0.25) is 0 Å². The fourth-order valence-corrected chi connectivity index (χ4v) is 2.64. The molecule has 60 valence electrons. The summed E-state index contributed by atoms with van der Waals surface area (Å²) in [7, 11) is 0. The van der Waals surface area contributed by atoms with Crippen molar-refractivity contribution in [3.63, 3.8) is 0 Å². The average Bonchev–Trinajstić information content (AvgIpc) is 2.28. The van der Waals surface area contributed by atoms with Crippen LogP contribution in [-0.4, -0.2) is 5.54 Å². The van der Waals surface area contributed by atoms with E-state index in [0.717, 1.165) is 25.2 Å².